The molecule has 0 bridgehead atoms. The molecule has 0 rings (SSSR count). The predicted molar refractivity (Wildman–Crippen MR) is 150 cm³/mol. The van der Waals surface area contributed by atoms with Crippen LogP contribution in [0.25, 0.3) is 0 Å². The van der Waals surface area contributed by atoms with Gasteiger partial charge in [-0.05, 0) is 12.8 Å². The van der Waals surface area contributed by atoms with E-state index in [0.29, 0.717) is 0 Å². The quantitative estimate of drug-likeness (QED) is 0.0657. The molecule has 0 saturated heterocycles. The fourth-order valence-corrected chi connectivity index (χ4v) is 5.05. The van der Waals surface area contributed by atoms with Crippen molar-refractivity contribution < 1.29 is 0 Å². The average Bonchev–Trinajstić information content (AvgIpc) is 2.74. The Hall–Kier alpha value is -0.0700. The van der Waals surface area contributed by atoms with E-state index in [1.165, 1.54) is 89.9 Å². The lowest BCUT2D eigenvalue weighted by atomic mass is 10.1. The van der Waals surface area contributed by atoms with Gasteiger partial charge in [0.2, 0.25) is 0 Å². The Balaban J connectivity index is 0. The molecule has 0 aliphatic carbocycles. The highest BCUT2D eigenvalue weighted by Crippen LogP contribution is 2.20. The third kappa shape index (κ3) is 27.9. The SMILES string of the molecule is CCCCCCCCCCN=C(N)CSSCC(N)=NCCCCCCCCCC.Cl. The minimum atomic E-state index is 0. The fraction of sp³-hybridized carbons (Fsp3) is 0.917. The van der Waals surface area contributed by atoms with E-state index in [4.69, 9.17) is 11.5 Å². The predicted octanol–water partition coefficient (Wildman–Crippen LogP) is 7.79. The summed E-state index contributed by atoms with van der Waals surface area (Å²) in [5.74, 6) is 3.05. The smallest absolute Gasteiger partial charge is 0.105 e. The van der Waals surface area contributed by atoms with Gasteiger partial charge in [0.25, 0.3) is 0 Å². The van der Waals surface area contributed by atoms with Crippen molar-refractivity contribution in [1.82, 2.24) is 0 Å². The van der Waals surface area contributed by atoms with E-state index in [1.807, 2.05) is 0 Å². The zero-order valence-electron chi connectivity index (χ0n) is 20.4. The summed E-state index contributed by atoms with van der Waals surface area (Å²) in [6.45, 7) is 6.27. The molecule has 31 heavy (non-hydrogen) atoms. The summed E-state index contributed by atoms with van der Waals surface area (Å²) in [4.78, 5) is 8.98. The number of amidine groups is 2. The van der Waals surface area contributed by atoms with E-state index in [9.17, 15) is 0 Å². The standard InChI is InChI=1S/C24H50N4S2.ClH/c1-3-5-7-9-11-13-15-17-19-27-23(25)21-29-30-22-24(26)28-20-18-16-14-12-10-8-6-4-2;/h3-22H2,1-2H3,(H2,25,27)(H2,26,28);1H. The van der Waals surface area contributed by atoms with Crippen LogP contribution in [0.4, 0.5) is 0 Å². The average molecular weight is 495 g/mol. The van der Waals surface area contributed by atoms with Crippen LogP contribution in [-0.4, -0.2) is 36.3 Å². The van der Waals surface area contributed by atoms with Gasteiger partial charge in [-0.1, -0.05) is 125 Å². The molecule has 0 aromatic rings. The van der Waals surface area contributed by atoms with Crippen LogP contribution in [0.1, 0.15) is 117 Å². The van der Waals surface area contributed by atoms with Crippen LogP contribution in [0.15, 0.2) is 9.98 Å². The first-order chi connectivity index (χ1) is 14.7. The van der Waals surface area contributed by atoms with E-state index in [2.05, 4.69) is 23.8 Å². The Morgan fingerprint density at radius 3 is 1.13 bits per heavy atom. The number of unbranched alkanes of at least 4 members (excludes halogenated alkanes) is 14. The number of hydrogen-bond acceptors (Lipinski definition) is 4. The summed E-state index contributed by atoms with van der Waals surface area (Å²) in [6.07, 6.45) is 21.2. The first-order valence-electron chi connectivity index (χ1n) is 12.5. The Kier molecular flexibility index (Phi) is 29.9. The number of hydrogen-bond donors (Lipinski definition) is 2. The molecule has 0 aliphatic rings. The van der Waals surface area contributed by atoms with Gasteiger partial charge in [-0.15, -0.1) is 12.4 Å². The Morgan fingerprint density at radius 1 is 0.516 bits per heavy atom. The lowest BCUT2D eigenvalue weighted by molar-refractivity contribution is 0.578. The Labute approximate surface area is 207 Å². The second-order valence-corrected chi connectivity index (χ2v) is 10.7. The van der Waals surface area contributed by atoms with Crippen LogP contribution in [0.5, 0.6) is 0 Å². The molecule has 0 amide bonds. The molecule has 0 unspecified atom stereocenters. The second-order valence-electron chi connectivity index (χ2n) is 8.22. The van der Waals surface area contributed by atoms with Gasteiger partial charge in [0.15, 0.2) is 0 Å². The molecule has 0 atom stereocenters. The normalized spacial score (nSPS) is 12.2. The molecular weight excluding hydrogens is 444 g/mol. The van der Waals surface area contributed by atoms with Gasteiger partial charge in [0.05, 0.1) is 11.5 Å². The van der Waals surface area contributed by atoms with Crippen molar-refractivity contribution in [2.45, 2.75) is 117 Å². The summed E-state index contributed by atoms with van der Waals surface area (Å²) in [7, 11) is 3.45. The Morgan fingerprint density at radius 2 is 0.806 bits per heavy atom. The zero-order valence-corrected chi connectivity index (χ0v) is 22.9. The number of rotatable bonds is 23. The third-order valence-electron chi connectivity index (χ3n) is 5.15. The first kappa shape index (κ1) is 33.1. The minimum Gasteiger partial charge on any atom is -0.387 e. The molecular formula is C24H51ClN4S2. The molecule has 0 fully saturated rings. The maximum absolute atomic E-state index is 6.01. The largest absolute Gasteiger partial charge is 0.387 e. The second kappa shape index (κ2) is 28.0. The monoisotopic (exact) mass is 494 g/mol. The van der Waals surface area contributed by atoms with Gasteiger partial charge in [-0.25, -0.2) is 0 Å². The van der Waals surface area contributed by atoms with Crippen molar-refractivity contribution in [3.05, 3.63) is 0 Å². The molecule has 0 spiro atoms. The summed E-state index contributed by atoms with van der Waals surface area (Å²) in [6, 6.07) is 0. The molecule has 0 saturated carbocycles. The van der Waals surface area contributed by atoms with Crippen molar-refractivity contribution in [2.24, 2.45) is 21.5 Å². The van der Waals surface area contributed by atoms with E-state index in [0.717, 1.165) is 49.1 Å². The van der Waals surface area contributed by atoms with Crippen molar-refractivity contribution in [3.63, 3.8) is 0 Å². The van der Waals surface area contributed by atoms with E-state index in [1.54, 1.807) is 21.6 Å². The number of nitrogens with zero attached hydrogens (tertiary/aromatic N) is 2. The highest BCUT2D eigenvalue weighted by atomic mass is 35.5. The number of aliphatic imine (C=N–C) groups is 2. The van der Waals surface area contributed by atoms with E-state index >= 15 is 0 Å². The third-order valence-corrected chi connectivity index (χ3v) is 7.35. The van der Waals surface area contributed by atoms with Crippen LogP contribution >= 0.6 is 34.0 Å². The molecule has 0 aliphatic heterocycles. The topological polar surface area (TPSA) is 76.8 Å². The molecule has 4 nitrogen and oxygen atoms in total. The highest BCUT2D eigenvalue weighted by molar-refractivity contribution is 8.77. The van der Waals surface area contributed by atoms with Gasteiger partial charge in [0.1, 0.15) is 11.7 Å². The summed E-state index contributed by atoms with van der Waals surface area (Å²) in [5.41, 5.74) is 12.0. The summed E-state index contributed by atoms with van der Waals surface area (Å²) in [5, 5.41) is 0. The Bertz CT molecular complexity index is 382. The lowest BCUT2D eigenvalue weighted by Gasteiger charge is -2.03. The summed E-state index contributed by atoms with van der Waals surface area (Å²) < 4.78 is 0. The molecule has 7 heteroatoms. The van der Waals surface area contributed by atoms with E-state index < -0.39 is 0 Å². The lowest BCUT2D eigenvalue weighted by Crippen LogP contribution is -2.17. The molecule has 0 radical (unpaired) electrons. The maximum atomic E-state index is 6.01. The molecule has 4 N–H and O–H groups in total. The van der Waals surface area contributed by atoms with Crippen molar-refractivity contribution in [1.29, 1.82) is 0 Å². The molecule has 0 heterocycles. The van der Waals surface area contributed by atoms with Crippen LogP contribution in [0.2, 0.25) is 0 Å². The zero-order chi connectivity index (χ0) is 22.1. The van der Waals surface area contributed by atoms with Gasteiger partial charge < -0.3 is 11.5 Å². The molecule has 0 aromatic heterocycles. The fourth-order valence-electron chi connectivity index (χ4n) is 3.23. The van der Waals surface area contributed by atoms with Crippen molar-refractivity contribution in [3.8, 4) is 0 Å². The highest BCUT2D eigenvalue weighted by Gasteiger charge is 1.98. The number of nitrogens with two attached hydrogens (primary N) is 2. The van der Waals surface area contributed by atoms with Crippen LogP contribution < -0.4 is 11.5 Å². The van der Waals surface area contributed by atoms with Crippen molar-refractivity contribution >= 4 is 45.7 Å². The van der Waals surface area contributed by atoms with Gasteiger partial charge in [-0.2, -0.15) is 0 Å². The van der Waals surface area contributed by atoms with Crippen LogP contribution in [0, 0.1) is 0 Å². The molecule has 186 valence electrons. The van der Waals surface area contributed by atoms with Crippen LogP contribution in [-0.2, 0) is 0 Å². The van der Waals surface area contributed by atoms with Crippen molar-refractivity contribution in [2.75, 3.05) is 24.6 Å². The van der Waals surface area contributed by atoms with Crippen LogP contribution in [0.3, 0.4) is 0 Å². The first-order valence-corrected chi connectivity index (χ1v) is 15.0. The van der Waals surface area contributed by atoms with Gasteiger partial charge in [0, 0.05) is 13.1 Å². The maximum Gasteiger partial charge on any atom is 0.105 e. The summed E-state index contributed by atoms with van der Waals surface area (Å²) >= 11 is 0. The minimum absolute atomic E-state index is 0. The molecule has 0 aromatic carbocycles. The van der Waals surface area contributed by atoms with Gasteiger partial charge >= 0.3 is 0 Å². The van der Waals surface area contributed by atoms with Gasteiger partial charge in [-0.3, -0.25) is 9.98 Å². The van der Waals surface area contributed by atoms with E-state index in [-0.39, 0.29) is 12.4 Å². The number of halogens is 1.